The maximum absolute atomic E-state index is 12.6. The molecule has 0 unspecified atom stereocenters. The fourth-order valence-corrected chi connectivity index (χ4v) is 3.05. The molecule has 0 aromatic carbocycles. The molecule has 1 N–H and O–H groups in total. The van der Waals surface area contributed by atoms with Gasteiger partial charge in [0, 0.05) is 33.2 Å². The number of carbonyl (C=O) groups is 2. The van der Waals surface area contributed by atoms with Gasteiger partial charge in [-0.15, -0.1) is 6.42 Å². The molecule has 2 heterocycles. The third-order valence-electron chi connectivity index (χ3n) is 4.23. The van der Waals surface area contributed by atoms with Gasteiger partial charge in [-0.1, -0.05) is 29.1 Å². The topological polar surface area (TPSA) is 57.6 Å². The van der Waals surface area contributed by atoms with Gasteiger partial charge in [-0.3, -0.25) is 14.5 Å². The molecule has 1 aliphatic rings. The first-order valence-electron chi connectivity index (χ1n) is 7.62. The average Bonchev–Trinajstić information content (AvgIpc) is 2.86. The zero-order valence-corrected chi connectivity index (χ0v) is 15.2. The van der Waals surface area contributed by atoms with Crippen molar-refractivity contribution in [2.45, 2.75) is 13.0 Å². The van der Waals surface area contributed by atoms with Gasteiger partial charge in [0.2, 0.25) is 5.91 Å². The molecule has 2 amide bonds. The first-order chi connectivity index (χ1) is 11.4. The Hall–Kier alpha value is -1.68. The minimum absolute atomic E-state index is 0.103. The highest BCUT2D eigenvalue weighted by Crippen LogP contribution is 2.26. The number of piperazine rings is 1. The molecule has 0 spiro atoms. The number of nitrogens with zero attached hydrogens (tertiary/aromatic N) is 3. The molecule has 24 heavy (non-hydrogen) atoms. The summed E-state index contributed by atoms with van der Waals surface area (Å²) in [4.78, 5) is 28.3. The van der Waals surface area contributed by atoms with Gasteiger partial charge in [-0.05, 0) is 13.0 Å². The largest absolute Gasteiger partial charge is 0.344 e. The van der Waals surface area contributed by atoms with Crippen molar-refractivity contribution < 1.29 is 9.59 Å². The summed E-state index contributed by atoms with van der Waals surface area (Å²) in [6.07, 6.45) is 5.14. The Morgan fingerprint density at radius 2 is 1.96 bits per heavy atom. The van der Waals surface area contributed by atoms with Crippen molar-refractivity contribution in [3.63, 3.8) is 0 Å². The van der Waals surface area contributed by atoms with Crippen molar-refractivity contribution >= 4 is 35.0 Å². The summed E-state index contributed by atoms with van der Waals surface area (Å²) in [7, 11) is 1.70. The standard InChI is InChI=1S/C16H20Cl2N4O2/c1-4-5-19-15(23)11(2)21-6-8-22(9-7-21)16(24)13-10-12(17)14(18)20(13)3/h1,10-11H,5-9H2,2-3H3,(H,19,23)/t11-/m1/s1. The molecule has 0 saturated carbocycles. The Labute approximate surface area is 151 Å². The molecule has 2 rings (SSSR count). The molecule has 1 aromatic rings. The van der Waals surface area contributed by atoms with E-state index in [0.29, 0.717) is 42.0 Å². The summed E-state index contributed by atoms with van der Waals surface area (Å²) in [5, 5.41) is 3.38. The zero-order chi connectivity index (χ0) is 17.9. The smallest absolute Gasteiger partial charge is 0.270 e. The van der Waals surface area contributed by atoms with Crippen molar-refractivity contribution in [1.29, 1.82) is 0 Å². The summed E-state index contributed by atoms with van der Waals surface area (Å²) in [5.41, 5.74) is 0.457. The lowest BCUT2D eigenvalue weighted by molar-refractivity contribution is -0.126. The summed E-state index contributed by atoms with van der Waals surface area (Å²) in [5.74, 6) is 2.16. The van der Waals surface area contributed by atoms with Gasteiger partial charge < -0.3 is 14.8 Å². The number of carbonyl (C=O) groups excluding carboxylic acids is 2. The van der Waals surface area contributed by atoms with Crippen LogP contribution in [0.5, 0.6) is 0 Å². The summed E-state index contributed by atoms with van der Waals surface area (Å²) < 4.78 is 1.58. The van der Waals surface area contributed by atoms with Crippen LogP contribution in [0.2, 0.25) is 10.2 Å². The minimum Gasteiger partial charge on any atom is -0.344 e. The number of halogens is 2. The van der Waals surface area contributed by atoms with Gasteiger partial charge in [0.15, 0.2) is 0 Å². The Morgan fingerprint density at radius 3 is 2.46 bits per heavy atom. The highest BCUT2D eigenvalue weighted by Gasteiger charge is 2.29. The van der Waals surface area contributed by atoms with Crippen LogP contribution in [0.15, 0.2) is 6.07 Å². The van der Waals surface area contributed by atoms with Gasteiger partial charge in [-0.25, -0.2) is 0 Å². The van der Waals surface area contributed by atoms with Crippen molar-refractivity contribution in [2.24, 2.45) is 7.05 Å². The molecule has 1 fully saturated rings. The average molecular weight is 371 g/mol. The molecule has 0 radical (unpaired) electrons. The van der Waals surface area contributed by atoms with Crippen LogP contribution in [0.3, 0.4) is 0 Å². The molecule has 1 aromatic heterocycles. The van der Waals surface area contributed by atoms with Crippen LogP contribution in [0.4, 0.5) is 0 Å². The van der Waals surface area contributed by atoms with E-state index in [1.54, 1.807) is 22.6 Å². The Kier molecular flexibility index (Phi) is 6.16. The van der Waals surface area contributed by atoms with E-state index < -0.39 is 0 Å². The van der Waals surface area contributed by atoms with E-state index in [-0.39, 0.29) is 24.4 Å². The zero-order valence-electron chi connectivity index (χ0n) is 13.7. The van der Waals surface area contributed by atoms with Crippen LogP contribution >= 0.6 is 23.2 Å². The number of hydrogen-bond donors (Lipinski definition) is 1. The monoisotopic (exact) mass is 370 g/mol. The van der Waals surface area contributed by atoms with Crippen LogP contribution in [0, 0.1) is 12.3 Å². The Bertz CT molecular complexity index is 672. The molecule has 1 aliphatic heterocycles. The molecular weight excluding hydrogens is 351 g/mol. The van der Waals surface area contributed by atoms with Crippen LogP contribution in [0.1, 0.15) is 17.4 Å². The highest BCUT2D eigenvalue weighted by molar-refractivity contribution is 6.41. The first-order valence-corrected chi connectivity index (χ1v) is 8.37. The summed E-state index contributed by atoms with van der Waals surface area (Å²) in [6.45, 7) is 4.35. The molecule has 0 bridgehead atoms. The maximum atomic E-state index is 12.6. The van der Waals surface area contributed by atoms with E-state index in [1.165, 1.54) is 0 Å². The third-order valence-corrected chi connectivity index (χ3v) is 5.07. The fourth-order valence-electron chi connectivity index (χ4n) is 2.67. The van der Waals surface area contributed by atoms with Gasteiger partial charge in [0.1, 0.15) is 10.8 Å². The number of nitrogens with one attached hydrogen (secondary N) is 1. The normalized spacial score (nSPS) is 16.5. The molecular formula is C16H20Cl2N4O2. The molecule has 8 heteroatoms. The van der Waals surface area contributed by atoms with Crippen LogP contribution in [0.25, 0.3) is 0 Å². The highest BCUT2D eigenvalue weighted by atomic mass is 35.5. The third kappa shape index (κ3) is 3.86. The number of rotatable bonds is 4. The predicted octanol–water partition coefficient (Wildman–Crippen LogP) is 1.23. The van der Waals surface area contributed by atoms with Crippen molar-refractivity contribution in [2.75, 3.05) is 32.7 Å². The molecule has 1 atom stereocenters. The number of amides is 2. The number of hydrogen-bond acceptors (Lipinski definition) is 3. The van der Waals surface area contributed by atoms with E-state index in [1.807, 2.05) is 11.8 Å². The second-order valence-corrected chi connectivity index (χ2v) is 6.42. The maximum Gasteiger partial charge on any atom is 0.270 e. The first kappa shape index (κ1) is 18.7. The Balaban J connectivity index is 1.95. The summed E-state index contributed by atoms with van der Waals surface area (Å²) >= 11 is 12.0. The molecule has 0 aliphatic carbocycles. The predicted molar refractivity (Wildman–Crippen MR) is 94.2 cm³/mol. The number of aromatic nitrogens is 1. The number of terminal acetylenes is 1. The van der Waals surface area contributed by atoms with E-state index in [4.69, 9.17) is 29.6 Å². The quantitative estimate of drug-likeness (QED) is 0.810. The summed E-state index contributed by atoms with van der Waals surface area (Å²) in [6, 6.07) is 1.30. The lowest BCUT2D eigenvalue weighted by atomic mass is 10.2. The van der Waals surface area contributed by atoms with E-state index >= 15 is 0 Å². The second-order valence-electron chi connectivity index (χ2n) is 5.65. The molecule has 130 valence electrons. The van der Waals surface area contributed by atoms with Crippen LogP contribution in [-0.2, 0) is 11.8 Å². The van der Waals surface area contributed by atoms with E-state index in [9.17, 15) is 9.59 Å². The fraction of sp³-hybridized carbons (Fsp3) is 0.500. The second kappa shape index (κ2) is 7.93. The van der Waals surface area contributed by atoms with Gasteiger partial charge in [0.05, 0.1) is 17.6 Å². The SMILES string of the molecule is C#CCNC(=O)[C@@H](C)N1CCN(C(=O)c2cc(Cl)c(Cl)n2C)CC1. The van der Waals surface area contributed by atoms with E-state index in [2.05, 4.69) is 11.2 Å². The van der Waals surface area contributed by atoms with Crippen LogP contribution in [-0.4, -0.2) is 64.9 Å². The van der Waals surface area contributed by atoms with Gasteiger partial charge in [0.25, 0.3) is 5.91 Å². The van der Waals surface area contributed by atoms with Crippen molar-refractivity contribution in [1.82, 2.24) is 19.7 Å². The molecule has 1 saturated heterocycles. The van der Waals surface area contributed by atoms with Gasteiger partial charge >= 0.3 is 0 Å². The van der Waals surface area contributed by atoms with Crippen LogP contribution < -0.4 is 5.32 Å². The van der Waals surface area contributed by atoms with Gasteiger partial charge in [-0.2, -0.15) is 0 Å². The Morgan fingerprint density at radius 1 is 1.33 bits per heavy atom. The lowest BCUT2D eigenvalue weighted by Gasteiger charge is -2.37. The van der Waals surface area contributed by atoms with Crippen molar-refractivity contribution in [3.8, 4) is 12.3 Å². The van der Waals surface area contributed by atoms with E-state index in [0.717, 1.165) is 0 Å². The lowest BCUT2D eigenvalue weighted by Crippen LogP contribution is -2.55. The molecule has 6 nitrogen and oxygen atoms in total. The minimum atomic E-state index is -0.283. The van der Waals surface area contributed by atoms with Crippen molar-refractivity contribution in [3.05, 3.63) is 21.9 Å².